The molecular weight excluding hydrogens is 402 g/mol. The van der Waals surface area contributed by atoms with Gasteiger partial charge in [-0.1, -0.05) is 42.5 Å². The van der Waals surface area contributed by atoms with Crippen molar-refractivity contribution >= 4 is 33.2 Å². The van der Waals surface area contributed by atoms with Crippen molar-refractivity contribution in [3.8, 4) is 0 Å². The molecule has 0 radical (unpaired) electrons. The number of hydrogen-bond donors (Lipinski definition) is 0. The third-order valence-corrected chi connectivity index (χ3v) is 5.70. The molecule has 0 aliphatic rings. The molecule has 6 aromatic rings. The molecule has 0 fully saturated rings. The van der Waals surface area contributed by atoms with Crippen molar-refractivity contribution in [2.24, 2.45) is 0 Å². The molecule has 2 aromatic carbocycles. The van der Waals surface area contributed by atoms with Crippen LogP contribution >= 0.6 is 0 Å². The molecule has 0 aliphatic heterocycles. The molecule has 0 unspecified atom stereocenters. The third-order valence-electron chi connectivity index (χ3n) is 5.70. The summed E-state index contributed by atoms with van der Waals surface area (Å²) in [6, 6.07) is 21.5. The second kappa shape index (κ2) is 7.46. The van der Waals surface area contributed by atoms with Crippen molar-refractivity contribution in [3.63, 3.8) is 0 Å². The summed E-state index contributed by atoms with van der Waals surface area (Å²) in [4.78, 5) is 27.8. The van der Waals surface area contributed by atoms with Gasteiger partial charge < -0.3 is 8.98 Å². The molecule has 7 nitrogen and oxygen atoms in total. The van der Waals surface area contributed by atoms with E-state index in [1.54, 1.807) is 17.2 Å². The smallest absolute Gasteiger partial charge is 0.265 e. The highest BCUT2D eigenvalue weighted by Gasteiger charge is 2.20. The van der Waals surface area contributed by atoms with E-state index in [0.29, 0.717) is 35.3 Å². The summed E-state index contributed by atoms with van der Waals surface area (Å²) in [5.74, 6) is 0.758. The van der Waals surface area contributed by atoms with Crippen LogP contribution in [0.2, 0.25) is 0 Å². The minimum Gasteiger partial charge on any atom is -0.467 e. The van der Waals surface area contributed by atoms with E-state index < -0.39 is 0 Å². The zero-order chi connectivity index (χ0) is 21.5. The summed E-state index contributed by atoms with van der Waals surface area (Å²) in [6.07, 6.45) is 3.99. The Labute approximate surface area is 182 Å². The van der Waals surface area contributed by atoms with Crippen LogP contribution in [0.25, 0.3) is 33.2 Å². The molecule has 0 bridgehead atoms. The molecule has 156 valence electrons. The number of fused-ring (bicyclic) bond motifs is 4. The Morgan fingerprint density at radius 3 is 2.41 bits per heavy atom. The highest BCUT2D eigenvalue weighted by Crippen LogP contribution is 2.26. The van der Waals surface area contributed by atoms with Gasteiger partial charge in [-0.2, -0.15) is 0 Å². The van der Waals surface area contributed by atoms with E-state index in [2.05, 4.69) is 17.1 Å². The molecule has 0 saturated carbocycles. The maximum absolute atomic E-state index is 13.5. The van der Waals surface area contributed by atoms with Gasteiger partial charge in [0.15, 0.2) is 11.3 Å². The summed E-state index contributed by atoms with van der Waals surface area (Å²) in [5.41, 5.74) is 4.33. The highest BCUT2D eigenvalue weighted by atomic mass is 16.3. The largest absolute Gasteiger partial charge is 0.467 e. The number of aromatic nitrogens is 5. The van der Waals surface area contributed by atoms with Gasteiger partial charge in [-0.3, -0.25) is 9.36 Å². The minimum atomic E-state index is -0.112. The van der Waals surface area contributed by atoms with Crippen molar-refractivity contribution in [3.05, 3.63) is 101 Å². The van der Waals surface area contributed by atoms with Gasteiger partial charge in [0.2, 0.25) is 0 Å². The van der Waals surface area contributed by atoms with Gasteiger partial charge in [0, 0.05) is 6.54 Å². The Bertz CT molecular complexity index is 1620. The summed E-state index contributed by atoms with van der Waals surface area (Å²) < 4.78 is 9.12. The van der Waals surface area contributed by atoms with Crippen molar-refractivity contribution in [1.29, 1.82) is 0 Å². The van der Waals surface area contributed by atoms with Gasteiger partial charge in [-0.25, -0.2) is 15.0 Å². The number of aryl methyl sites for hydroxylation is 2. The van der Waals surface area contributed by atoms with Gasteiger partial charge in [-0.05, 0) is 36.2 Å². The lowest BCUT2D eigenvalue weighted by molar-refractivity contribution is 0.498. The van der Waals surface area contributed by atoms with Gasteiger partial charge in [0.25, 0.3) is 5.56 Å². The average Bonchev–Trinajstić information content (AvgIpc) is 3.45. The topological polar surface area (TPSA) is 78.7 Å². The molecular formula is C25H19N5O2. The average molecular weight is 421 g/mol. The zero-order valence-electron chi connectivity index (χ0n) is 17.2. The van der Waals surface area contributed by atoms with Crippen LogP contribution in [0.4, 0.5) is 0 Å². The zero-order valence-corrected chi connectivity index (χ0v) is 17.2. The van der Waals surface area contributed by atoms with Crippen molar-refractivity contribution in [1.82, 2.24) is 24.1 Å². The lowest BCUT2D eigenvalue weighted by Gasteiger charge is -2.07. The van der Waals surface area contributed by atoms with E-state index in [1.807, 2.05) is 59.2 Å². The number of furan rings is 1. The van der Waals surface area contributed by atoms with Crippen molar-refractivity contribution < 1.29 is 4.42 Å². The molecule has 0 saturated heterocycles. The molecule has 6 rings (SSSR count). The van der Waals surface area contributed by atoms with Crippen LogP contribution in [0.5, 0.6) is 0 Å². The lowest BCUT2D eigenvalue weighted by Crippen LogP contribution is -2.21. The Morgan fingerprint density at radius 2 is 1.62 bits per heavy atom. The first-order valence-corrected chi connectivity index (χ1v) is 10.5. The predicted molar refractivity (Wildman–Crippen MR) is 123 cm³/mol. The lowest BCUT2D eigenvalue weighted by atomic mass is 10.1. The maximum Gasteiger partial charge on any atom is 0.265 e. The maximum atomic E-state index is 13.5. The standard InChI is InChI=1S/C25H19N5O2/c31-25-21-22-24(28-20-11-5-4-10-19(20)27-22)30(15-18-9-6-14-32-18)23(21)26-16-29(25)13-12-17-7-2-1-3-8-17/h1-11,14,16H,12-13,15H2. The number of hydrogen-bond acceptors (Lipinski definition) is 5. The van der Waals surface area contributed by atoms with E-state index in [-0.39, 0.29) is 5.56 Å². The van der Waals surface area contributed by atoms with Crippen LogP contribution in [0.3, 0.4) is 0 Å². The van der Waals surface area contributed by atoms with Crippen molar-refractivity contribution in [2.75, 3.05) is 0 Å². The second-order valence-corrected chi connectivity index (χ2v) is 7.73. The molecule has 0 atom stereocenters. The van der Waals surface area contributed by atoms with Gasteiger partial charge in [0.05, 0.1) is 30.2 Å². The van der Waals surface area contributed by atoms with Crippen LogP contribution in [-0.2, 0) is 19.5 Å². The summed E-state index contributed by atoms with van der Waals surface area (Å²) in [6.45, 7) is 0.956. The summed E-state index contributed by atoms with van der Waals surface area (Å²) in [7, 11) is 0. The van der Waals surface area contributed by atoms with Crippen LogP contribution in [0, 0.1) is 0 Å². The van der Waals surface area contributed by atoms with E-state index >= 15 is 0 Å². The quantitative estimate of drug-likeness (QED) is 0.417. The Kier molecular flexibility index (Phi) is 4.31. The van der Waals surface area contributed by atoms with Crippen LogP contribution in [0.15, 0.2) is 88.5 Å². The molecule has 32 heavy (non-hydrogen) atoms. The van der Waals surface area contributed by atoms with E-state index in [4.69, 9.17) is 14.4 Å². The minimum absolute atomic E-state index is 0.112. The molecule has 0 amide bonds. The fraction of sp³-hybridized carbons (Fsp3) is 0.120. The molecule has 0 spiro atoms. The Balaban J connectivity index is 1.56. The Morgan fingerprint density at radius 1 is 0.844 bits per heavy atom. The summed E-state index contributed by atoms with van der Waals surface area (Å²) >= 11 is 0. The van der Waals surface area contributed by atoms with Crippen LogP contribution in [-0.4, -0.2) is 24.1 Å². The molecule has 4 heterocycles. The third kappa shape index (κ3) is 3.06. The normalized spacial score (nSPS) is 11.6. The van der Waals surface area contributed by atoms with E-state index in [0.717, 1.165) is 23.2 Å². The van der Waals surface area contributed by atoms with E-state index in [9.17, 15) is 4.79 Å². The SMILES string of the molecule is O=c1c2c3nc4ccccc4nc3n(Cc3ccco3)c2ncn1CCc1ccccc1. The van der Waals surface area contributed by atoms with Crippen LogP contribution < -0.4 is 5.56 Å². The second-order valence-electron chi connectivity index (χ2n) is 7.73. The fourth-order valence-electron chi connectivity index (χ4n) is 4.10. The first-order chi connectivity index (χ1) is 15.8. The molecule has 4 aromatic heterocycles. The number of para-hydroxylation sites is 2. The predicted octanol–water partition coefficient (Wildman–Crippen LogP) is 4.18. The van der Waals surface area contributed by atoms with Crippen molar-refractivity contribution in [2.45, 2.75) is 19.5 Å². The molecule has 7 heteroatoms. The first kappa shape index (κ1) is 18.5. The Hall–Kier alpha value is -4.26. The first-order valence-electron chi connectivity index (χ1n) is 10.5. The van der Waals surface area contributed by atoms with Gasteiger partial charge in [0.1, 0.15) is 16.7 Å². The van der Waals surface area contributed by atoms with Gasteiger partial charge in [-0.15, -0.1) is 0 Å². The highest BCUT2D eigenvalue weighted by molar-refractivity contribution is 6.04. The fourth-order valence-corrected chi connectivity index (χ4v) is 4.10. The monoisotopic (exact) mass is 421 g/mol. The van der Waals surface area contributed by atoms with Crippen LogP contribution in [0.1, 0.15) is 11.3 Å². The summed E-state index contributed by atoms with van der Waals surface area (Å²) in [5, 5.41) is 0.486. The number of rotatable bonds is 5. The van der Waals surface area contributed by atoms with E-state index in [1.165, 1.54) is 5.56 Å². The van der Waals surface area contributed by atoms with Gasteiger partial charge >= 0.3 is 0 Å². The number of nitrogens with zero attached hydrogens (tertiary/aromatic N) is 5. The number of benzene rings is 2. The molecule has 0 N–H and O–H groups in total. The molecule has 0 aliphatic carbocycles.